The van der Waals surface area contributed by atoms with Crippen LogP contribution in [0, 0.1) is 0 Å². The quantitative estimate of drug-likeness (QED) is 0.597. The molecule has 0 aliphatic carbocycles. The smallest absolute Gasteiger partial charge is 0.493 e. The van der Waals surface area contributed by atoms with Gasteiger partial charge in [-0.1, -0.05) is 52.2 Å². The molecule has 0 unspecified atom stereocenters. The molecule has 0 atom stereocenters. The van der Waals surface area contributed by atoms with Crippen LogP contribution in [0.15, 0.2) is 24.3 Å². The summed E-state index contributed by atoms with van der Waals surface area (Å²) in [5, 5.41) is 0. The maximum atomic E-state index is 12.9. The zero-order valence-electron chi connectivity index (χ0n) is 19.9. The van der Waals surface area contributed by atoms with Gasteiger partial charge in [-0.2, -0.15) is 4.79 Å². The molecule has 0 N–H and O–H groups in total. The van der Waals surface area contributed by atoms with Crippen LogP contribution in [0.1, 0.15) is 58.2 Å². The Hall–Kier alpha value is -3.02. The molecule has 1 aliphatic rings. The van der Waals surface area contributed by atoms with Crippen LogP contribution in [0.5, 0.6) is 23.0 Å². The Morgan fingerprint density at radius 1 is 0.839 bits per heavy atom. The van der Waals surface area contributed by atoms with Gasteiger partial charge in [0.1, 0.15) is 0 Å². The van der Waals surface area contributed by atoms with Crippen LogP contribution >= 0.6 is 0 Å². The number of rotatable bonds is 4. The maximum absolute atomic E-state index is 12.9. The molecule has 0 spiro atoms. The lowest BCUT2D eigenvalue weighted by Crippen LogP contribution is -2.17. The molecule has 1 heterocycles. The van der Waals surface area contributed by atoms with Crippen molar-refractivity contribution in [3.63, 3.8) is 0 Å². The topological polar surface area (TPSA) is 57.0 Å². The van der Waals surface area contributed by atoms with E-state index < -0.39 is 6.09 Å². The van der Waals surface area contributed by atoms with E-state index in [1.54, 1.807) is 44.3 Å². The summed E-state index contributed by atoms with van der Waals surface area (Å²) in [6.07, 6.45) is 1.29. The molecule has 6 nitrogen and oxygen atoms in total. The molecule has 2 aromatic rings. The van der Waals surface area contributed by atoms with Crippen molar-refractivity contribution < 1.29 is 28.3 Å². The van der Waals surface area contributed by atoms with E-state index in [2.05, 4.69) is 47.6 Å². The van der Waals surface area contributed by atoms with Gasteiger partial charge in [-0.3, -0.25) is 0 Å². The number of nitrogens with zero attached hydrogens (tertiary/aromatic N) is 1. The molecule has 0 fully saturated rings. The molecular weight excluding hydrogens is 394 g/mol. The van der Waals surface area contributed by atoms with Crippen molar-refractivity contribution in [3.8, 4) is 23.0 Å². The van der Waals surface area contributed by atoms with E-state index in [4.69, 9.17) is 18.9 Å². The van der Waals surface area contributed by atoms with E-state index in [9.17, 15) is 4.79 Å². The Kier molecular flexibility index (Phi) is 5.78. The number of carbonyl (C=O) groups is 1. The van der Waals surface area contributed by atoms with Crippen LogP contribution in [0.2, 0.25) is 0 Å². The van der Waals surface area contributed by atoms with Crippen LogP contribution < -0.4 is 18.9 Å². The van der Waals surface area contributed by atoms with Crippen molar-refractivity contribution in [2.24, 2.45) is 0 Å². The number of amides is 1. The molecule has 2 aromatic carbocycles. The van der Waals surface area contributed by atoms with Gasteiger partial charge in [0.15, 0.2) is 17.7 Å². The third-order valence-corrected chi connectivity index (χ3v) is 5.35. The molecule has 3 rings (SSSR count). The molecule has 0 saturated heterocycles. The second-order valence-corrected chi connectivity index (χ2v) is 9.70. The maximum Gasteiger partial charge on any atom is 0.608 e. The van der Waals surface area contributed by atoms with Gasteiger partial charge >= 0.3 is 6.09 Å². The molecule has 31 heavy (non-hydrogen) atoms. The Morgan fingerprint density at radius 2 is 1.42 bits per heavy atom. The average Bonchev–Trinajstić information content (AvgIpc) is 3.00. The number of fused-ring (bicyclic) bond motifs is 1. The first-order chi connectivity index (χ1) is 14.4. The predicted molar refractivity (Wildman–Crippen MR) is 121 cm³/mol. The zero-order valence-corrected chi connectivity index (χ0v) is 19.9. The van der Waals surface area contributed by atoms with E-state index in [-0.39, 0.29) is 10.8 Å². The third kappa shape index (κ3) is 4.24. The van der Waals surface area contributed by atoms with Gasteiger partial charge in [-0.25, -0.2) is 0 Å². The Bertz CT molecular complexity index is 1030. The molecule has 166 valence electrons. The van der Waals surface area contributed by atoms with E-state index in [0.717, 1.165) is 22.4 Å². The lowest BCUT2D eigenvalue weighted by molar-refractivity contribution is -0.328. The van der Waals surface area contributed by atoms with Crippen molar-refractivity contribution >= 4 is 18.0 Å². The number of hydrogen-bond donors (Lipinski definition) is 0. The molecular formula is C25H32NO5+. The highest BCUT2D eigenvalue weighted by atomic mass is 16.6. The average molecular weight is 427 g/mol. The van der Waals surface area contributed by atoms with Gasteiger partial charge in [0, 0.05) is 17.2 Å². The standard InChI is InChI=1S/C25H32NO5/c1-24(2,3)16-12-17(25(4,5)6)21-18(13-16)26(23(27)31-21)14-15-10-19(28-7)22(30-9)20(11-15)29-8/h10-14H,1-9H3/q+1/b26-14+. The van der Waals surface area contributed by atoms with Gasteiger partial charge in [0.05, 0.1) is 21.3 Å². The fourth-order valence-electron chi connectivity index (χ4n) is 3.57. The van der Waals surface area contributed by atoms with Crippen molar-refractivity contribution in [2.45, 2.75) is 52.4 Å². The summed E-state index contributed by atoms with van der Waals surface area (Å²) in [5.74, 6) is 2.13. The number of ether oxygens (including phenoxy) is 4. The minimum absolute atomic E-state index is 0.0844. The summed E-state index contributed by atoms with van der Waals surface area (Å²) in [5.41, 5.74) is 3.32. The zero-order chi connectivity index (χ0) is 23.1. The Morgan fingerprint density at radius 3 is 1.87 bits per heavy atom. The van der Waals surface area contributed by atoms with Crippen molar-refractivity contribution in [1.82, 2.24) is 0 Å². The molecule has 0 aromatic heterocycles. The number of hydrogen-bond acceptors (Lipinski definition) is 5. The van der Waals surface area contributed by atoms with Gasteiger partial charge in [-0.15, -0.1) is 0 Å². The highest BCUT2D eigenvalue weighted by Gasteiger charge is 2.42. The van der Waals surface area contributed by atoms with Crippen molar-refractivity contribution in [1.29, 1.82) is 0 Å². The fraction of sp³-hybridized carbons (Fsp3) is 0.440. The largest absolute Gasteiger partial charge is 0.608 e. The number of methoxy groups -OCH3 is 3. The monoisotopic (exact) mass is 426 g/mol. The highest BCUT2D eigenvalue weighted by molar-refractivity contribution is 5.87. The molecule has 0 bridgehead atoms. The first-order valence-corrected chi connectivity index (χ1v) is 10.3. The summed E-state index contributed by atoms with van der Waals surface area (Å²) < 4.78 is 23.6. The Labute approximate surface area is 184 Å². The molecule has 0 saturated carbocycles. The van der Waals surface area contributed by atoms with Crippen LogP contribution in [0.3, 0.4) is 0 Å². The molecule has 1 aliphatic heterocycles. The van der Waals surface area contributed by atoms with Gasteiger partial charge in [-0.05, 0) is 28.5 Å². The first kappa shape index (κ1) is 22.7. The second kappa shape index (κ2) is 7.91. The summed E-state index contributed by atoms with van der Waals surface area (Å²) in [6.45, 7) is 12.8. The first-order valence-electron chi connectivity index (χ1n) is 10.3. The van der Waals surface area contributed by atoms with Gasteiger partial charge < -0.3 is 18.9 Å². The number of carbonyl (C=O) groups excluding carboxylic acids is 1. The van der Waals surface area contributed by atoms with E-state index in [1.807, 2.05) is 6.07 Å². The number of benzene rings is 2. The minimum atomic E-state index is -0.444. The van der Waals surface area contributed by atoms with Gasteiger partial charge in [0.25, 0.3) is 5.69 Å². The molecule has 1 amide bonds. The Balaban J connectivity index is 2.25. The van der Waals surface area contributed by atoms with Crippen LogP contribution in [0.4, 0.5) is 10.5 Å². The van der Waals surface area contributed by atoms with E-state index in [1.165, 1.54) is 0 Å². The summed E-state index contributed by atoms with van der Waals surface area (Å²) >= 11 is 0. The molecule has 0 radical (unpaired) electrons. The normalized spacial score (nSPS) is 15.0. The predicted octanol–water partition coefficient (Wildman–Crippen LogP) is 5.58. The van der Waals surface area contributed by atoms with Crippen LogP contribution in [-0.4, -0.2) is 38.2 Å². The summed E-state index contributed by atoms with van der Waals surface area (Å²) in [7, 11) is 4.68. The van der Waals surface area contributed by atoms with Crippen molar-refractivity contribution in [2.75, 3.05) is 21.3 Å². The lowest BCUT2D eigenvalue weighted by Gasteiger charge is -2.25. The fourth-order valence-corrected chi connectivity index (χ4v) is 3.57. The van der Waals surface area contributed by atoms with E-state index in [0.29, 0.717) is 23.0 Å². The third-order valence-electron chi connectivity index (χ3n) is 5.35. The summed E-state index contributed by atoms with van der Waals surface area (Å²) in [6, 6.07) is 7.77. The minimum Gasteiger partial charge on any atom is -0.493 e. The van der Waals surface area contributed by atoms with E-state index >= 15 is 0 Å². The second-order valence-electron chi connectivity index (χ2n) is 9.70. The molecule has 6 heteroatoms. The van der Waals surface area contributed by atoms with Crippen molar-refractivity contribution in [3.05, 3.63) is 41.0 Å². The lowest BCUT2D eigenvalue weighted by atomic mass is 9.80. The summed E-state index contributed by atoms with van der Waals surface area (Å²) in [4.78, 5) is 12.9. The van der Waals surface area contributed by atoms with Crippen LogP contribution in [-0.2, 0) is 10.8 Å². The SMILES string of the molecule is COc1cc(/C=[N+]2/C(=O)Oc3c2cc(C(C)(C)C)cc3C(C)(C)C)cc(OC)c1OC. The highest BCUT2D eigenvalue weighted by Crippen LogP contribution is 2.45. The van der Waals surface area contributed by atoms with Crippen LogP contribution in [0.25, 0.3) is 0 Å². The van der Waals surface area contributed by atoms with Gasteiger partial charge in [0.2, 0.25) is 11.5 Å².